The molecule has 7 N–H and O–H groups in total. The number of carbonyl (C=O) groups is 2. The van der Waals surface area contributed by atoms with Crippen LogP contribution in [0.15, 0.2) is 45.2 Å². The van der Waals surface area contributed by atoms with Gasteiger partial charge in [-0.15, -0.1) is 0 Å². The van der Waals surface area contributed by atoms with Crippen molar-refractivity contribution in [3.05, 3.63) is 57.2 Å². The molecular formula is C19H21ClF4N6O7S. The standard InChI is InChI=1S/C17H20ClFN6O5S.C2HF3O2/c1-10-2-5-14(24-31(28,29)11-3-4-13(19)12(18)8-11)16(27)25(10)9-15(26)22-6-7-30-23-17(20)21;3-2(4,5)1(6)7/h2-5,8,24H,6-7,9H2,1H3,(H,22,26)(H4,20,21,23);(H,6,7). The number of aromatic nitrogens is 1. The van der Waals surface area contributed by atoms with Crippen molar-refractivity contribution in [1.29, 1.82) is 0 Å². The number of halogens is 5. The van der Waals surface area contributed by atoms with Crippen LogP contribution in [-0.2, 0) is 31.0 Å². The molecule has 1 heterocycles. The number of aryl methyl sites for hydroxylation is 1. The minimum atomic E-state index is -5.08. The Morgan fingerprint density at radius 3 is 2.34 bits per heavy atom. The summed E-state index contributed by atoms with van der Waals surface area (Å²) in [6.07, 6.45) is -5.08. The van der Waals surface area contributed by atoms with Gasteiger partial charge in [-0.2, -0.15) is 13.2 Å². The number of benzene rings is 1. The Morgan fingerprint density at radius 2 is 1.82 bits per heavy atom. The highest BCUT2D eigenvalue weighted by Gasteiger charge is 2.38. The van der Waals surface area contributed by atoms with Gasteiger partial charge in [0.15, 0.2) is 0 Å². The van der Waals surface area contributed by atoms with Crippen molar-refractivity contribution in [2.24, 2.45) is 16.6 Å². The van der Waals surface area contributed by atoms with Crippen LogP contribution >= 0.6 is 11.6 Å². The maximum absolute atomic E-state index is 13.3. The molecule has 1 aromatic carbocycles. The van der Waals surface area contributed by atoms with E-state index < -0.39 is 39.5 Å². The number of amides is 1. The van der Waals surface area contributed by atoms with Crippen molar-refractivity contribution >= 4 is 45.1 Å². The molecule has 19 heteroatoms. The van der Waals surface area contributed by atoms with E-state index in [2.05, 4.69) is 15.2 Å². The average Bonchev–Trinajstić information content (AvgIpc) is 2.79. The summed E-state index contributed by atoms with van der Waals surface area (Å²) in [4.78, 5) is 38.1. The molecule has 0 aliphatic carbocycles. The summed E-state index contributed by atoms with van der Waals surface area (Å²) in [5.41, 5.74) is 9.55. The number of carboxylic acid groups (broad SMARTS) is 1. The minimum absolute atomic E-state index is 0.00239. The normalized spacial score (nSPS) is 11.0. The Labute approximate surface area is 217 Å². The number of oxime groups is 1. The lowest BCUT2D eigenvalue weighted by molar-refractivity contribution is -0.192. The van der Waals surface area contributed by atoms with Crippen molar-refractivity contribution in [3.63, 3.8) is 0 Å². The number of pyridine rings is 1. The topological polar surface area (TPSA) is 208 Å². The third-order valence-corrected chi connectivity index (χ3v) is 5.72. The summed E-state index contributed by atoms with van der Waals surface area (Å²) in [7, 11) is -4.23. The van der Waals surface area contributed by atoms with Crippen molar-refractivity contribution in [3.8, 4) is 0 Å². The first-order valence-electron chi connectivity index (χ1n) is 9.91. The zero-order valence-electron chi connectivity index (χ0n) is 19.3. The van der Waals surface area contributed by atoms with Gasteiger partial charge in [-0.05, 0) is 42.4 Å². The van der Waals surface area contributed by atoms with Gasteiger partial charge >= 0.3 is 12.1 Å². The molecule has 210 valence electrons. The number of alkyl halides is 3. The highest BCUT2D eigenvalue weighted by atomic mass is 35.5. The van der Waals surface area contributed by atoms with E-state index >= 15 is 0 Å². The lowest BCUT2D eigenvalue weighted by Crippen LogP contribution is -2.36. The minimum Gasteiger partial charge on any atom is -0.475 e. The predicted molar refractivity (Wildman–Crippen MR) is 126 cm³/mol. The van der Waals surface area contributed by atoms with Gasteiger partial charge in [0.25, 0.3) is 15.6 Å². The number of hydrogen-bond donors (Lipinski definition) is 5. The highest BCUT2D eigenvalue weighted by molar-refractivity contribution is 7.92. The van der Waals surface area contributed by atoms with Gasteiger partial charge in [0.1, 0.15) is 24.7 Å². The Bertz CT molecular complexity index is 1360. The number of rotatable bonds is 9. The van der Waals surface area contributed by atoms with Crippen molar-refractivity contribution < 1.29 is 45.5 Å². The number of carbonyl (C=O) groups excluding carboxylic acids is 1. The molecule has 1 aromatic heterocycles. The summed E-state index contributed by atoms with van der Waals surface area (Å²) in [6, 6.07) is 5.55. The predicted octanol–water partition coefficient (Wildman–Crippen LogP) is 0.705. The van der Waals surface area contributed by atoms with Crippen LogP contribution in [-0.4, -0.2) is 55.3 Å². The van der Waals surface area contributed by atoms with Gasteiger partial charge in [-0.3, -0.25) is 14.3 Å². The molecule has 0 atom stereocenters. The first-order chi connectivity index (χ1) is 17.5. The van der Waals surface area contributed by atoms with E-state index in [1.165, 1.54) is 12.1 Å². The van der Waals surface area contributed by atoms with Gasteiger partial charge < -0.3 is 31.3 Å². The third kappa shape index (κ3) is 10.1. The Kier molecular flexibility index (Phi) is 11.3. The lowest BCUT2D eigenvalue weighted by Gasteiger charge is -2.13. The number of guanidine groups is 1. The van der Waals surface area contributed by atoms with Gasteiger partial charge in [0.05, 0.1) is 16.5 Å². The molecule has 0 aliphatic rings. The van der Waals surface area contributed by atoms with Crippen LogP contribution in [0, 0.1) is 12.7 Å². The molecular weight excluding hydrogens is 568 g/mol. The van der Waals surface area contributed by atoms with Crippen molar-refractivity contribution in [2.45, 2.75) is 24.5 Å². The fraction of sp³-hybridized carbons (Fsp3) is 0.263. The van der Waals surface area contributed by atoms with Crippen LogP contribution in [0.4, 0.5) is 23.2 Å². The smallest absolute Gasteiger partial charge is 0.475 e. The molecule has 2 aromatic rings. The number of nitrogens with two attached hydrogens (primary N) is 2. The zero-order chi connectivity index (χ0) is 29.3. The molecule has 0 aliphatic heterocycles. The van der Waals surface area contributed by atoms with Crippen LogP contribution in [0.5, 0.6) is 0 Å². The van der Waals surface area contributed by atoms with E-state index in [1.54, 1.807) is 6.92 Å². The Hall–Kier alpha value is -4.06. The summed E-state index contributed by atoms with van der Waals surface area (Å²) in [6.45, 7) is 1.28. The van der Waals surface area contributed by atoms with E-state index in [9.17, 15) is 35.6 Å². The van der Waals surface area contributed by atoms with Crippen LogP contribution in [0.1, 0.15) is 5.69 Å². The monoisotopic (exact) mass is 588 g/mol. The first-order valence-corrected chi connectivity index (χ1v) is 11.8. The number of aliphatic carboxylic acids is 1. The second-order valence-electron chi connectivity index (χ2n) is 6.96. The number of anilines is 1. The van der Waals surface area contributed by atoms with E-state index in [0.29, 0.717) is 5.69 Å². The van der Waals surface area contributed by atoms with Crippen molar-refractivity contribution in [1.82, 2.24) is 9.88 Å². The summed E-state index contributed by atoms with van der Waals surface area (Å²) < 4.78 is 73.3. The second kappa shape index (κ2) is 13.5. The number of nitrogens with one attached hydrogen (secondary N) is 2. The van der Waals surface area contributed by atoms with Gasteiger partial charge in [0, 0.05) is 5.69 Å². The molecule has 2 rings (SSSR count). The quantitative estimate of drug-likeness (QED) is 0.0916. The third-order valence-electron chi connectivity index (χ3n) is 4.07. The Balaban J connectivity index is 0.000000905. The maximum atomic E-state index is 13.3. The highest BCUT2D eigenvalue weighted by Crippen LogP contribution is 2.21. The maximum Gasteiger partial charge on any atom is 0.490 e. The van der Waals surface area contributed by atoms with Gasteiger partial charge in [-0.25, -0.2) is 17.6 Å². The SMILES string of the molecule is Cc1ccc(NS(=O)(=O)c2ccc(F)c(Cl)c2)c(=O)n1CC(=O)NCCON=C(N)N.O=C(O)C(F)(F)F. The summed E-state index contributed by atoms with van der Waals surface area (Å²) in [5, 5.41) is 12.5. The molecule has 0 saturated carbocycles. The molecule has 0 spiro atoms. The molecule has 1 amide bonds. The summed E-state index contributed by atoms with van der Waals surface area (Å²) >= 11 is 5.63. The molecule has 0 radical (unpaired) electrons. The molecule has 0 bridgehead atoms. The lowest BCUT2D eigenvalue weighted by atomic mass is 10.3. The van der Waals surface area contributed by atoms with E-state index in [1.807, 2.05) is 0 Å². The van der Waals surface area contributed by atoms with Crippen LogP contribution < -0.4 is 27.1 Å². The molecule has 0 fully saturated rings. The van der Waals surface area contributed by atoms with E-state index in [0.717, 1.165) is 22.8 Å². The Morgan fingerprint density at radius 1 is 1.21 bits per heavy atom. The molecule has 38 heavy (non-hydrogen) atoms. The van der Waals surface area contributed by atoms with Gasteiger partial charge in [0.2, 0.25) is 11.9 Å². The fourth-order valence-corrected chi connectivity index (χ4v) is 3.68. The summed E-state index contributed by atoms with van der Waals surface area (Å²) in [5.74, 6) is -4.33. The molecule has 13 nitrogen and oxygen atoms in total. The average molecular weight is 589 g/mol. The second-order valence-corrected chi connectivity index (χ2v) is 9.05. The van der Waals surface area contributed by atoms with Crippen LogP contribution in [0.2, 0.25) is 5.02 Å². The fourth-order valence-electron chi connectivity index (χ4n) is 2.35. The van der Waals surface area contributed by atoms with Crippen LogP contribution in [0.25, 0.3) is 0 Å². The number of sulfonamides is 1. The van der Waals surface area contributed by atoms with Crippen molar-refractivity contribution in [2.75, 3.05) is 17.9 Å². The zero-order valence-corrected chi connectivity index (χ0v) is 20.8. The van der Waals surface area contributed by atoms with E-state index in [-0.39, 0.29) is 41.3 Å². The van der Waals surface area contributed by atoms with Gasteiger partial charge in [-0.1, -0.05) is 11.6 Å². The largest absolute Gasteiger partial charge is 0.490 e. The molecule has 0 unspecified atom stereocenters. The number of nitrogens with zero attached hydrogens (tertiary/aromatic N) is 2. The van der Waals surface area contributed by atoms with E-state index in [4.69, 9.17) is 37.8 Å². The van der Waals surface area contributed by atoms with Crippen LogP contribution in [0.3, 0.4) is 0 Å². The molecule has 0 saturated heterocycles. The first kappa shape index (κ1) is 32.0. The number of hydrogen-bond acceptors (Lipinski definition) is 7. The number of carboxylic acids is 1.